The van der Waals surface area contributed by atoms with E-state index in [0.717, 1.165) is 0 Å². The molecule has 0 aliphatic carbocycles. The lowest BCUT2D eigenvalue weighted by molar-refractivity contribution is -0.139. The molecule has 1 aromatic carbocycles. The zero-order valence-corrected chi connectivity index (χ0v) is 11.7. The maximum Gasteiger partial charge on any atom is 0.306 e. The van der Waals surface area contributed by atoms with E-state index in [9.17, 15) is 9.59 Å². The van der Waals surface area contributed by atoms with Gasteiger partial charge in [-0.2, -0.15) is 0 Å². The fraction of sp³-hybridized carbons (Fsp3) is 0.333. The number of benzene rings is 1. The highest BCUT2D eigenvalue weighted by Crippen LogP contribution is 2.23. The average molecular weight is 306 g/mol. The van der Waals surface area contributed by atoms with Crippen LogP contribution in [0, 0.1) is 0 Å². The van der Waals surface area contributed by atoms with E-state index in [4.69, 9.17) is 33.0 Å². The predicted octanol–water partition coefficient (Wildman–Crippen LogP) is 2.21. The van der Waals surface area contributed by atoms with Gasteiger partial charge in [0.1, 0.15) is 0 Å². The van der Waals surface area contributed by atoms with Gasteiger partial charge in [0, 0.05) is 13.7 Å². The minimum Gasteiger partial charge on any atom is -0.481 e. The molecular formula is C12H13Cl2NO4. The molecule has 0 saturated heterocycles. The van der Waals surface area contributed by atoms with E-state index >= 15 is 0 Å². The van der Waals surface area contributed by atoms with Crippen LogP contribution in [-0.2, 0) is 9.53 Å². The van der Waals surface area contributed by atoms with Crippen LogP contribution in [0.1, 0.15) is 16.8 Å². The van der Waals surface area contributed by atoms with Crippen LogP contribution >= 0.6 is 23.2 Å². The van der Waals surface area contributed by atoms with Crippen LogP contribution in [0.5, 0.6) is 0 Å². The highest BCUT2D eigenvalue weighted by atomic mass is 35.5. The SMILES string of the molecule is COC(CNC(=O)c1c(Cl)cccc1Cl)CC(=O)O. The van der Waals surface area contributed by atoms with Crippen molar-refractivity contribution in [2.45, 2.75) is 12.5 Å². The van der Waals surface area contributed by atoms with Gasteiger partial charge in [0.2, 0.25) is 0 Å². The molecule has 0 aliphatic heterocycles. The summed E-state index contributed by atoms with van der Waals surface area (Å²) in [4.78, 5) is 22.5. The van der Waals surface area contributed by atoms with Gasteiger partial charge in [-0.1, -0.05) is 29.3 Å². The molecule has 0 spiro atoms. The molecule has 0 saturated carbocycles. The van der Waals surface area contributed by atoms with Crippen molar-refractivity contribution in [1.29, 1.82) is 0 Å². The number of halogens is 2. The number of rotatable bonds is 6. The van der Waals surface area contributed by atoms with Crippen LogP contribution in [0.2, 0.25) is 10.0 Å². The number of aliphatic carboxylic acids is 1. The van der Waals surface area contributed by atoms with Crippen LogP contribution in [0.25, 0.3) is 0 Å². The number of carboxylic acids is 1. The number of hydrogen-bond donors (Lipinski definition) is 2. The molecule has 1 amide bonds. The van der Waals surface area contributed by atoms with Gasteiger partial charge in [0.15, 0.2) is 0 Å². The van der Waals surface area contributed by atoms with Crippen molar-refractivity contribution in [3.8, 4) is 0 Å². The van der Waals surface area contributed by atoms with Crippen LogP contribution < -0.4 is 5.32 Å². The Bertz CT molecular complexity index is 459. The van der Waals surface area contributed by atoms with Gasteiger partial charge in [0.05, 0.1) is 28.1 Å². The summed E-state index contributed by atoms with van der Waals surface area (Å²) in [5.41, 5.74) is 0.163. The molecule has 104 valence electrons. The Morgan fingerprint density at radius 1 is 1.37 bits per heavy atom. The average Bonchev–Trinajstić information content (AvgIpc) is 2.33. The number of carbonyl (C=O) groups is 2. The van der Waals surface area contributed by atoms with Gasteiger partial charge in [-0.3, -0.25) is 9.59 Å². The second kappa shape index (κ2) is 7.33. The van der Waals surface area contributed by atoms with E-state index < -0.39 is 18.0 Å². The highest BCUT2D eigenvalue weighted by Gasteiger charge is 2.17. The lowest BCUT2D eigenvalue weighted by atomic mass is 10.2. The normalized spacial score (nSPS) is 11.9. The number of ether oxygens (including phenoxy) is 1. The van der Waals surface area contributed by atoms with Gasteiger partial charge in [0.25, 0.3) is 5.91 Å². The molecule has 1 atom stereocenters. The molecule has 0 bridgehead atoms. The summed E-state index contributed by atoms with van der Waals surface area (Å²) in [5.74, 6) is -1.47. The summed E-state index contributed by atoms with van der Waals surface area (Å²) < 4.78 is 4.95. The molecule has 5 nitrogen and oxygen atoms in total. The number of carboxylic acid groups (broad SMARTS) is 1. The third kappa shape index (κ3) is 4.70. The van der Waals surface area contributed by atoms with Gasteiger partial charge < -0.3 is 15.2 Å². The second-order valence-corrected chi connectivity index (χ2v) is 4.58. The lowest BCUT2D eigenvalue weighted by Gasteiger charge is -2.14. The Kier molecular flexibility index (Phi) is 6.08. The van der Waals surface area contributed by atoms with E-state index in [-0.39, 0.29) is 28.6 Å². The molecule has 19 heavy (non-hydrogen) atoms. The van der Waals surface area contributed by atoms with Crippen LogP contribution in [0.15, 0.2) is 18.2 Å². The standard InChI is InChI=1S/C12H13Cl2NO4/c1-19-7(5-10(16)17)6-15-12(18)11-8(13)3-2-4-9(11)14/h2-4,7H,5-6H2,1H3,(H,15,18)(H,16,17). The first kappa shape index (κ1) is 15.8. The highest BCUT2D eigenvalue weighted by molar-refractivity contribution is 6.39. The first-order valence-corrected chi connectivity index (χ1v) is 6.18. The summed E-state index contributed by atoms with van der Waals surface area (Å²) in [6, 6.07) is 4.73. The van der Waals surface area contributed by atoms with Crippen molar-refractivity contribution in [2.75, 3.05) is 13.7 Å². The number of carbonyl (C=O) groups excluding carboxylic acids is 1. The maximum atomic E-state index is 11.9. The van der Waals surface area contributed by atoms with Gasteiger partial charge in [-0.25, -0.2) is 0 Å². The van der Waals surface area contributed by atoms with E-state index in [1.807, 2.05) is 0 Å². The summed E-state index contributed by atoms with van der Waals surface area (Å²) in [6.45, 7) is 0.0587. The van der Waals surface area contributed by atoms with Crippen molar-refractivity contribution in [1.82, 2.24) is 5.32 Å². The van der Waals surface area contributed by atoms with Crippen molar-refractivity contribution >= 4 is 35.1 Å². The monoisotopic (exact) mass is 305 g/mol. The third-order valence-corrected chi connectivity index (χ3v) is 3.05. The largest absolute Gasteiger partial charge is 0.481 e. The molecule has 0 fully saturated rings. The van der Waals surface area contributed by atoms with Gasteiger partial charge in [-0.15, -0.1) is 0 Å². The maximum absolute atomic E-state index is 11.9. The molecule has 0 heterocycles. The first-order valence-electron chi connectivity index (χ1n) is 5.42. The topological polar surface area (TPSA) is 75.6 Å². The number of amides is 1. The Hall–Kier alpha value is -1.30. The van der Waals surface area contributed by atoms with Crippen molar-refractivity contribution in [2.24, 2.45) is 0 Å². The Morgan fingerprint density at radius 3 is 2.42 bits per heavy atom. The molecule has 0 radical (unpaired) electrons. The van der Waals surface area contributed by atoms with Gasteiger partial charge in [-0.05, 0) is 12.1 Å². The molecule has 2 N–H and O–H groups in total. The summed E-state index contributed by atoms with van der Waals surface area (Å²) in [7, 11) is 1.38. The minimum absolute atomic E-state index is 0.0587. The number of hydrogen-bond acceptors (Lipinski definition) is 3. The predicted molar refractivity (Wildman–Crippen MR) is 71.8 cm³/mol. The summed E-state index contributed by atoms with van der Waals surface area (Å²) in [6.07, 6.45) is -0.810. The van der Waals surface area contributed by atoms with Gasteiger partial charge >= 0.3 is 5.97 Å². The van der Waals surface area contributed by atoms with Crippen molar-refractivity contribution in [3.05, 3.63) is 33.8 Å². The molecule has 7 heteroatoms. The van der Waals surface area contributed by atoms with Crippen LogP contribution in [-0.4, -0.2) is 36.7 Å². The first-order chi connectivity index (χ1) is 8.95. The smallest absolute Gasteiger partial charge is 0.306 e. The minimum atomic E-state index is -1.00. The fourth-order valence-corrected chi connectivity index (χ4v) is 2.01. The fourth-order valence-electron chi connectivity index (χ4n) is 1.44. The third-order valence-electron chi connectivity index (χ3n) is 2.42. The Balaban J connectivity index is 2.67. The Morgan fingerprint density at radius 2 is 1.95 bits per heavy atom. The molecule has 1 aromatic rings. The number of methoxy groups -OCH3 is 1. The van der Waals surface area contributed by atoms with E-state index in [1.54, 1.807) is 18.2 Å². The van der Waals surface area contributed by atoms with Crippen LogP contribution in [0.3, 0.4) is 0 Å². The second-order valence-electron chi connectivity index (χ2n) is 3.76. The molecule has 0 aromatic heterocycles. The molecular weight excluding hydrogens is 293 g/mol. The molecule has 0 aliphatic rings. The molecule has 1 rings (SSSR count). The van der Waals surface area contributed by atoms with E-state index in [2.05, 4.69) is 5.32 Å². The summed E-state index contributed by atoms with van der Waals surface area (Å²) >= 11 is 11.8. The molecule has 1 unspecified atom stereocenters. The van der Waals surface area contributed by atoms with E-state index in [1.165, 1.54) is 7.11 Å². The van der Waals surface area contributed by atoms with Crippen molar-refractivity contribution < 1.29 is 19.4 Å². The zero-order valence-electron chi connectivity index (χ0n) is 10.2. The van der Waals surface area contributed by atoms with E-state index in [0.29, 0.717) is 0 Å². The van der Waals surface area contributed by atoms with Crippen LogP contribution in [0.4, 0.5) is 0 Å². The zero-order chi connectivity index (χ0) is 14.4. The number of nitrogens with one attached hydrogen (secondary N) is 1. The van der Waals surface area contributed by atoms with Crippen molar-refractivity contribution in [3.63, 3.8) is 0 Å². The Labute approximate surface area is 120 Å². The summed E-state index contributed by atoms with van der Waals surface area (Å²) in [5, 5.41) is 11.7. The lowest BCUT2D eigenvalue weighted by Crippen LogP contribution is -2.34. The quantitative estimate of drug-likeness (QED) is 0.845.